The number of rotatable bonds is 8. The Balaban J connectivity index is 1.40. The Morgan fingerprint density at radius 2 is 1.58 bits per heavy atom. The molecule has 192 valence electrons. The van der Waals surface area contributed by atoms with Crippen LogP contribution in [0.25, 0.3) is 33.1 Å². The molecule has 8 nitrogen and oxygen atoms in total. The van der Waals surface area contributed by atoms with Crippen LogP contribution >= 0.6 is 11.3 Å². The SMILES string of the molecule is COc1cc(-c2cc(C(=O)Nc3ccccc3-c3csc(-c4ccccc4F)n3)[nH]n2)cc(OC)c1OC. The first-order chi connectivity index (χ1) is 18.5. The first-order valence-electron chi connectivity index (χ1n) is 11.5. The quantitative estimate of drug-likeness (QED) is 0.245. The molecule has 0 bridgehead atoms. The van der Waals surface area contributed by atoms with Crippen molar-refractivity contribution in [2.45, 2.75) is 0 Å². The molecule has 0 fully saturated rings. The molecule has 2 heterocycles. The van der Waals surface area contributed by atoms with Crippen LogP contribution in [-0.2, 0) is 0 Å². The molecule has 0 aliphatic carbocycles. The molecule has 1 amide bonds. The lowest BCUT2D eigenvalue weighted by atomic mass is 10.1. The van der Waals surface area contributed by atoms with Gasteiger partial charge in [-0.15, -0.1) is 11.3 Å². The number of aromatic nitrogens is 3. The van der Waals surface area contributed by atoms with E-state index < -0.39 is 0 Å². The number of carbonyl (C=O) groups is 1. The summed E-state index contributed by atoms with van der Waals surface area (Å²) in [5.41, 5.74) is 3.80. The second kappa shape index (κ2) is 10.7. The van der Waals surface area contributed by atoms with Gasteiger partial charge in [-0.25, -0.2) is 9.37 Å². The Bertz CT molecular complexity index is 1590. The van der Waals surface area contributed by atoms with Gasteiger partial charge in [0.1, 0.15) is 16.5 Å². The smallest absolute Gasteiger partial charge is 0.273 e. The van der Waals surface area contributed by atoms with Gasteiger partial charge in [-0.3, -0.25) is 9.89 Å². The molecule has 0 atom stereocenters. The molecule has 0 saturated carbocycles. The second-order valence-corrected chi connectivity index (χ2v) is 8.96. The fourth-order valence-electron chi connectivity index (χ4n) is 3.98. The minimum atomic E-state index is -0.381. The molecule has 0 aliphatic heterocycles. The average Bonchev–Trinajstić information content (AvgIpc) is 3.63. The Morgan fingerprint density at radius 1 is 0.895 bits per heavy atom. The van der Waals surface area contributed by atoms with E-state index in [-0.39, 0.29) is 17.4 Å². The van der Waals surface area contributed by atoms with Crippen LogP contribution in [0, 0.1) is 5.82 Å². The number of thiazole rings is 1. The maximum Gasteiger partial charge on any atom is 0.273 e. The number of benzene rings is 3. The van der Waals surface area contributed by atoms with E-state index in [0.717, 1.165) is 0 Å². The summed E-state index contributed by atoms with van der Waals surface area (Å²) in [6, 6.07) is 19.0. The van der Waals surface area contributed by atoms with Crippen LogP contribution in [0.2, 0.25) is 0 Å². The average molecular weight is 531 g/mol. The van der Waals surface area contributed by atoms with Crippen LogP contribution in [-0.4, -0.2) is 42.4 Å². The van der Waals surface area contributed by atoms with Crippen molar-refractivity contribution in [1.82, 2.24) is 15.2 Å². The summed E-state index contributed by atoms with van der Waals surface area (Å²) in [6.07, 6.45) is 0. The van der Waals surface area contributed by atoms with Crippen LogP contribution in [0.15, 0.2) is 72.1 Å². The van der Waals surface area contributed by atoms with Crippen LogP contribution in [0.4, 0.5) is 10.1 Å². The van der Waals surface area contributed by atoms with Crippen LogP contribution < -0.4 is 19.5 Å². The number of aromatic amines is 1. The first kappa shape index (κ1) is 25.0. The maximum atomic E-state index is 14.3. The number of anilines is 1. The predicted octanol–water partition coefficient (Wildman–Crippen LogP) is 6.28. The zero-order valence-electron chi connectivity index (χ0n) is 20.7. The minimum absolute atomic E-state index is 0.258. The Labute approximate surface area is 222 Å². The van der Waals surface area contributed by atoms with Gasteiger partial charge in [0.15, 0.2) is 11.5 Å². The van der Waals surface area contributed by atoms with E-state index >= 15 is 0 Å². The van der Waals surface area contributed by atoms with Crippen molar-refractivity contribution >= 4 is 22.9 Å². The molecule has 0 saturated heterocycles. The van der Waals surface area contributed by atoms with E-state index in [2.05, 4.69) is 20.5 Å². The summed E-state index contributed by atoms with van der Waals surface area (Å²) in [5.74, 6) is 0.694. The number of ether oxygens (including phenoxy) is 3. The Kier molecular flexibility index (Phi) is 7.05. The van der Waals surface area contributed by atoms with Gasteiger partial charge in [0.25, 0.3) is 5.91 Å². The number of methoxy groups -OCH3 is 3. The minimum Gasteiger partial charge on any atom is -0.493 e. The maximum absolute atomic E-state index is 14.3. The molecular formula is C28H23FN4O4S. The highest BCUT2D eigenvalue weighted by atomic mass is 32.1. The number of H-pyrrole nitrogens is 1. The van der Waals surface area contributed by atoms with Gasteiger partial charge < -0.3 is 19.5 Å². The summed E-state index contributed by atoms with van der Waals surface area (Å²) in [7, 11) is 4.59. The monoisotopic (exact) mass is 530 g/mol. The molecule has 38 heavy (non-hydrogen) atoms. The highest BCUT2D eigenvalue weighted by Crippen LogP contribution is 2.41. The van der Waals surface area contributed by atoms with Gasteiger partial charge >= 0.3 is 0 Å². The van der Waals surface area contributed by atoms with E-state index in [0.29, 0.717) is 56.0 Å². The molecule has 3 aromatic carbocycles. The molecule has 5 aromatic rings. The summed E-state index contributed by atoms with van der Waals surface area (Å²) in [6.45, 7) is 0. The molecule has 0 radical (unpaired) electrons. The third-order valence-electron chi connectivity index (χ3n) is 5.84. The molecule has 0 spiro atoms. The number of hydrogen-bond acceptors (Lipinski definition) is 7. The van der Waals surface area contributed by atoms with Gasteiger partial charge in [0.2, 0.25) is 5.75 Å². The lowest BCUT2D eigenvalue weighted by molar-refractivity contribution is 0.102. The molecule has 0 unspecified atom stereocenters. The van der Waals surface area contributed by atoms with Crippen LogP contribution in [0.5, 0.6) is 17.2 Å². The topological polar surface area (TPSA) is 98.4 Å². The summed E-state index contributed by atoms with van der Waals surface area (Å²) >= 11 is 1.34. The van der Waals surface area contributed by atoms with E-state index in [4.69, 9.17) is 14.2 Å². The van der Waals surface area contributed by atoms with Crippen LogP contribution in [0.1, 0.15) is 10.5 Å². The van der Waals surface area contributed by atoms with Crippen molar-refractivity contribution in [1.29, 1.82) is 0 Å². The van der Waals surface area contributed by atoms with Crippen molar-refractivity contribution in [2.75, 3.05) is 26.6 Å². The Morgan fingerprint density at radius 3 is 2.26 bits per heavy atom. The number of carbonyl (C=O) groups excluding carboxylic acids is 1. The van der Waals surface area contributed by atoms with Crippen molar-refractivity contribution in [3.63, 3.8) is 0 Å². The fourth-order valence-corrected chi connectivity index (χ4v) is 4.82. The zero-order valence-corrected chi connectivity index (χ0v) is 21.6. The highest BCUT2D eigenvalue weighted by Gasteiger charge is 2.19. The van der Waals surface area contributed by atoms with Crippen LogP contribution in [0.3, 0.4) is 0 Å². The predicted molar refractivity (Wildman–Crippen MR) is 145 cm³/mol. The molecule has 10 heteroatoms. The standard InChI is InChI=1S/C28H23FN4O4S/c1-35-24-12-16(13-25(36-2)26(24)37-3)21-14-22(33-32-21)27(34)30-20-11-7-5-9-18(20)23-15-38-28(31-23)17-8-4-6-10-19(17)29/h4-15H,1-3H3,(H,30,34)(H,32,33). The number of amides is 1. The zero-order chi connectivity index (χ0) is 26.6. The highest BCUT2D eigenvalue weighted by molar-refractivity contribution is 7.13. The largest absolute Gasteiger partial charge is 0.493 e. The van der Waals surface area contributed by atoms with E-state index in [1.807, 2.05) is 23.6 Å². The van der Waals surface area contributed by atoms with Gasteiger partial charge in [0, 0.05) is 22.1 Å². The summed E-state index contributed by atoms with van der Waals surface area (Å²) in [4.78, 5) is 17.8. The molecule has 2 aromatic heterocycles. The number of nitrogens with zero attached hydrogens (tertiary/aromatic N) is 2. The third kappa shape index (κ3) is 4.81. The van der Waals surface area contributed by atoms with E-state index in [1.165, 1.54) is 38.7 Å². The van der Waals surface area contributed by atoms with Gasteiger partial charge in [-0.2, -0.15) is 5.10 Å². The number of para-hydroxylation sites is 1. The van der Waals surface area contributed by atoms with Crippen molar-refractivity contribution in [3.05, 3.63) is 83.6 Å². The van der Waals surface area contributed by atoms with Crippen molar-refractivity contribution in [2.24, 2.45) is 0 Å². The summed E-state index contributed by atoms with van der Waals surface area (Å²) in [5, 5.41) is 12.4. The number of halogens is 1. The Hall–Kier alpha value is -4.70. The first-order valence-corrected chi connectivity index (χ1v) is 12.4. The molecule has 2 N–H and O–H groups in total. The number of nitrogens with one attached hydrogen (secondary N) is 2. The molecule has 0 aliphatic rings. The lowest BCUT2D eigenvalue weighted by Crippen LogP contribution is -2.13. The normalized spacial score (nSPS) is 10.7. The lowest BCUT2D eigenvalue weighted by Gasteiger charge is -2.13. The third-order valence-corrected chi connectivity index (χ3v) is 6.72. The molecule has 5 rings (SSSR count). The van der Waals surface area contributed by atoms with E-state index in [1.54, 1.807) is 42.5 Å². The van der Waals surface area contributed by atoms with E-state index in [9.17, 15) is 9.18 Å². The van der Waals surface area contributed by atoms with Gasteiger partial charge in [-0.05, 0) is 36.4 Å². The number of hydrogen-bond donors (Lipinski definition) is 2. The van der Waals surface area contributed by atoms with Crippen molar-refractivity contribution < 1.29 is 23.4 Å². The van der Waals surface area contributed by atoms with Gasteiger partial charge in [-0.1, -0.05) is 30.3 Å². The fraction of sp³-hybridized carbons (Fsp3) is 0.107. The summed E-state index contributed by atoms with van der Waals surface area (Å²) < 4.78 is 30.5. The van der Waals surface area contributed by atoms with Gasteiger partial charge in [0.05, 0.1) is 38.4 Å². The van der Waals surface area contributed by atoms with Crippen molar-refractivity contribution in [3.8, 4) is 50.3 Å². The second-order valence-electron chi connectivity index (χ2n) is 8.10. The molecular weight excluding hydrogens is 507 g/mol.